The van der Waals surface area contributed by atoms with Gasteiger partial charge in [-0.3, -0.25) is 0 Å². The molecule has 1 aliphatic carbocycles. The zero-order chi connectivity index (χ0) is 11.6. The lowest BCUT2D eigenvalue weighted by molar-refractivity contribution is 0.00141. The van der Waals surface area contributed by atoms with Crippen LogP contribution in [0.1, 0.15) is 25.7 Å². The van der Waals surface area contributed by atoms with Gasteiger partial charge in [0, 0.05) is 6.07 Å². The van der Waals surface area contributed by atoms with Gasteiger partial charge in [-0.05, 0) is 25.0 Å². The average molecular weight is 261 g/mol. The zero-order valence-electron chi connectivity index (χ0n) is 8.88. The van der Waals surface area contributed by atoms with Crippen LogP contribution in [0.15, 0.2) is 18.2 Å². The topological polar surface area (TPSA) is 29.5 Å². The molecule has 2 nitrogen and oxygen atoms in total. The Hall–Kier alpha value is -0.440. The molecular formula is C12H14Cl2O2. The fourth-order valence-corrected chi connectivity index (χ4v) is 2.25. The van der Waals surface area contributed by atoms with Crippen LogP contribution in [0.25, 0.3) is 0 Å². The Morgan fingerprint density at radius 2 is 1.88 bits per heavy atom. The number of benzene rings is 1. The Morgan fingerprint density at radius 1 is 1.19 bits per heavy atom. The maximum Gasteiger partial charge on any atom is 0.121 e. The van der Waals surface area contributed by atoms with Crippen molar-refractivity contribution in [1.82, 2.24) is 0 Å². The number of hydrogen-bond donors (Lipinski definition) is 1. The second-order valence-electron chi connectivity index (χ2n) is 4.30. The lowest BCUT2D eigenvalue weighted by Crippen LogP contribution is -2.32. The molecule has 1 N–H and O–H groups in total. The molecule has 0 atom stereocenters. The molecule has 0 amide bonds. The van der Waals surface area contributed by atoms with Crippen LogP contribution >= 0.6 is 23.2 Å². The number of halogens is 2. The van der Waals surface area contributed by atoms with Crippen molar-refractivity contribution in [3.8, 4) is 5.75 Å². The zero-order valence-corrected chi connectivity index (χ0v) is 10.4. The molecule has 0 spiro atoms. The van der Waals surface area contributed by atoms with Gasteiger partial charge in [-0.25, -0.2) is 0 Å². The summed E-state index contributed by atoms with van der Waals surface area (Å²) in [5, 5.41) is 11.1. The molecule has 0 bridgehead atoms. The van der Waals surface area contributed by atoms with Crippen molar-refractivity contribution >= 4 is 23.2 Å². The molecule has 1 aromatic carbocycles. The SMILES string of the molecule is OC1(COc2ccc(Cl)c(Cl)c2)CCCC1. The highest BCUT2D eigenvalue weighted by Crippen LogP contribution is 2.31. The van der Waals surface area contributed by atoms with Crippen molar-refractivity contribution in [2.24, 2.45) is 0 Å². The molecule has 1 aliphatic rings. The first kappa shape index (κ1) is 12.0. The third-order valence-electron chi connectivity index (χ3n) is 2.93. The van der Waals surface area contributed by atoms with E-state index in [1.807, 2.05) is 0 Å². The van der Waals surface area contributed by atoms with E-state index in [2.05, 4.69) is 0 Å². The van der Waals surface area contributed by atoms with E-state index in [4.69, 9.17) is 27.9 Å². The van der Waals surface area contributed by atoms with Crippen LogP contribution in [0, 0.1) is 0 Å². The molecule has 0 radical (unpaired) electrons. The summed E-state index contributed by atoms with van der Waals surface area (Å²) in [5.41, 5.74) is -0.661. The van der Waals surface area contributed by atoms with Crippen LogP contribution in [0.3, 0.4) is 0 Å². The standard InChI is InChI=1S/C12H14Cl2O2/c13-10-4-3-9(7-11(10)14)16-8-12(15)5-1-2-6-12/h3-4,7,15H,1-2,5-6,8H2. The van der Waals surface area contributed by atoms with Crippen molar-refractivity contribution < 1.29 is 9.84 Å². The second kappa shape index (κ2) is 4.82. The normalized spacial score (nSPS) is 18.7. The van der Waals surface area contributed by atoms with Gasteiger partial charge in [0.05, 0.1) is 15.6 Å². The Morgan fingerprint density at radius 3 is 2.50 bits per heavy atom. The van der Waals surface area contributed by atoms with Gasteiger partial charge in [0.2, 0.25) is 0 Å². The maximum atomic E-state index is 10.1. The third-order valence-corrected chi connectivity index (χ3v) is 3.67. The summed E-state index contributed by atoms with van der Waals surface area (Å²) in [6.07, 6.45) is 3.77. The van der Waals surface area contributed by atoms with Crippen LogP contribution in [0.5, 0.6) is 5.75 Å². The lowest BCUT2D eigenvalue weighted by Gasteiger charge is -2.22. The van der Waals surface area contributed by atoms with Crippen molar-refractivity contribution in [3.63, 3.8) is 0 Å². The summed E-state index contributed by atoms with van der Waals surface area (Å²) in [5.74, 6) is 0.648. The van der Waals surface area contributed by atoms with E-state index in [1.165, 1.54) is 0 Å². The number of ether oxygens (including phenoxy) is 1. The Bertz CT molecular complexity index is 373. The van der Waals surface area contributed by atoms with Gasteiger partial charge < -0.3 is 9.84 Å². The number of aliphatic hydroxyl groups is 1. The van der Waals surface area contributed by atoms with Gasteiger partial charge in [-0.1, -0.05) is 36.0 Å². The largest absolute Gasteiger partial charge is 0.491 e. The van der Waals surface area contributed by atoms with Crippen LogP contribution in [-0.4, -0.2) is 17.3 Å². The third kappa shape index (κ3) is 2.82. The molecule has 88 valence electrons. The monoisotopic (exact) mass is 260 g/mol. The molecule has 0 saturated heterocycles. The Kier molecular flexibility index (Phi) is 3.63. The van der Waals surface area contributed by atoms with Gasteiger partial charge in [-0.2, -0.15) is 0 Å². The minimum Gasteiger partial charge on any atom is -0.491 e. The molecule has 4 heteroatoms. The highest BCUT2D eigenvalue weighted by atomic mass is 35.5. The molecule has 1 saturated carbocycles. The van der Waals surface area contributed by atoms with Gasteiger partial charge in [0.15, 0.2) is 0 Å². The molecule has 16 heavy (non-hydrogen) atoms. The lowest BCUT2D eigenvalue weighted by atomic mass is 10.0. The van der Waals surface area contributed by atoms with Crippen molar-refractivity contribution in [3.05, 3.63) is 28.2 Å². The quantitative estimate of drug-likeness (QED) is 0.899. The van der Waals surface area contributed by atoms with Crippen LogP contribution in [0.2, 0.25) is 10.0 Å². The molecule has 1 aromatic rings. The summed E-state index contributed by atoms with van der Waals surface area (Å²) in [7, 11) is 0. The predicted octanol–water partition coefficient (Wildman–Crippen LogP) is 3.68. The van der Waals surface area contributed by atoms with E-state index >= 15 is 0 Å². The first-order chi connectivity index (χ1) is 7.59. The van der Waals surface area contributed by atoms with E-state index in [1.54, 1.807) is 18.2 Å². The molecule has 1 fully saturated rings. The van der Waals surface area contributed by atoms with Gasteiger partial charge >= 0.3 is 0 Å². The molecule has 2 rings (SSSR count). The van der Waals surface area contributed by atoms with Crippen LogP contribution in [0.4, 0.5) is 0 Å². The fraction of sp³-hybridized carbons (Fsp3) is 0.500. The minimum absolute atomic E-state index is 0.324. The van der Waals surface area contributed by atoms with Gasteiger partial charge in [0.25, 0.3) is 0 Å². The van der Waals surface area contributed by atoms with E-state index in [9.17, 15) is 5.11 Å². The summed E-state index contributed by atoms with van der Waals surface area (Å²) < 4.78 is 5.54. The summed E-state index contributed by atoms with van der Waals surface area (Å²) in [4.78, 5) is 0. The second-order valence-corrected chi connectivity index (χ2v) is 5.11. The van der Waals surface area contributed by atoms with E-state index in [-0.39, 0.29) is 0 Å². The predicted molar refractivity (Wildman–Crippen MR) is 65.4 cm³/mol. The van der Waals surface area contributed by atoms with E-state index < -0.39 is 5.60 Å². The van der Waals surface area contributed by atoms with Gasteiger partial charge in [0.1, 0.15) is 12.4 Å². The highest BCUT2D eigenvalue weighted by Gasteiger charge is 2.31. The molecule has 0 aromatic heterocycles. The first-order valence-electron chi connectivity index (χ1n) is 5.39. The summed E-state index contributed by atoms with van der Waals surface area (Å²) in [6.45, 7) is 0.324. The summed E-state index contributed by atoms with van der Waals surface area (Å²) in [6, 6.07) is 5.12. The average Bonchev–Trinajstić information content (AvgIpc) is 2.68. The van der Waals surface area contributed by atoms with Crippen LogP contribution in [-0.2, 0) is 0 Å². The highest BCUT2D eigenvalue weighted by molar-refractivity contribution is 6.42. The maximum absolute atomic E-state index is 10.1. The van der Waals surface area contributed by atoms with Crippen molar-refractivity contribution in [2.75, 3.05) is 6.61 Å². The van der Waals surface area contributed by atoms with Crippen molar-refractivity contribution in [2.45, 2.75) is 31.3 Å². The molecule has 0 heterocycles. The minimum atomic E-state index is -0.661. The number of rotatable bonds is 3. The fourth-order valence-electron chi connectivity index (χ4n) is 1.96. The first-order valence-corrected chi connectivity index (χ1v) is 6.15. The molecule has 0 unspecified atom stereocenters. The molecule has 0 aliphatic heterocycles. The van der Waals surface area contributed by atoms with Gasteiger partial charge in [-0.15, -0.1) is 0 Å². The van der Waals surface area contributed by atoms with E-state index in [0.29, 0.717) is 22.4 Å². The Balaban J connectivity index is 1.96. The molecular weight excluding hydrogens is 247 g/mol. The van der Waals surface area contributed by atoms with E-state index in [0.717, 1.165) is 25.7 Å². The summed E-state index contributed by atoms with van der Waals surface area (Å²) >= 11 is 11.7. The number of hydrogen-bond acceptors (Lipinski definition) is 2. The Labute approximate surface area is 105 Å². The smallest absolute Gasteiger partial charge is 0.121 e. The van der Waals surface area contributed by atoms with Crippen molar-refractivity contribution in [1.29, 1.82) is 0 Å². The van der Waals surface area contributed by atoms with Crippen LogP contribution < -0.4 is 4.74 Å².